The first kappa shape index (κ1) is 12.2. The zero-order chi connectivity index (χ0) is 13.2. The number of aromatic nitrogens is 2. The second-order valence-electron chi connectivity index (χ2n) is 4.35. The quantitative estimate of drug-likeness (QED) is 0.683. The highest BCUT2D eigenvalue weighted by Gasteiger charge is 2.07. The lowest BCUT2D eigenvalue weighted by Gasteiger charge is -2.09. The van der Waals surface area contributed by atoms with Gasteiger partial charge in [0.05, 0.1) is 16.5 Å². The maximum atomic E-state index is 5.86. The van der Waals surface area contributed by atoms with Gasteiger partial charge in [0.1, 0.15) is 18.0 Å². The molecule has 0 unspecified atom stereocenters. The van der Waals surface area contributed by atoms with E-state index in [0.717, 1.165) is 27.3 Å². The van der Waals surface area contributed by atoms with Crippen LogP contribution in [0.4, 0.5) is 0 Å². The van der Waals surface area contributed by atoms with Crippen molar-refractivity contribution < 1.29 is 4.74 Å². The SMILES string of the molecule is Cc1ccccc1OCc1cnc2cccc(Br)n12. The van der Waals surface area contributed by atoms with Crippen LogP contribution in [0.5, 0.6) is 5.75 Å². The number of rotatable bonds is 3. The molecule has 0 saturated heterocycles. The summed E-state index contributed by atoms with van der Waals surface area (Å²) >= 11 is 3.53. The van der Waals surface area contributed by atoms with E-state index in [4.69, 9.17) is 4.74 Å². The number of imidazole rings is 1. The molecule has 0 saturated carbocycles. The summed E-state index contributed by atoms with van der Waals surface area (Å²) in [5.74, 6) is 0.907. The van der Waals surface area contributed by atoms with Gasteiger partial charge in [0.25, 0.3) is 0 Å². The number of para-hydroxylation sites is 1. The van der Waals surface area contributed by atoms with Crippen LogP contribution >= 0.6 is 15.9 Å². The number of benzene rings is 1. The van der Waals surface area contributed by atoms with Crippen molar-refractivity contribution in [2.24, 2.45) is 0 Å². The molecule has 0 N–H and O–H groups in total. The Kier molecular flexibility index (Phi) is 3.25. The molecule has 0 atom stereocenters. The number of hydrogen-bond acceptors (Lipinski definition) is 2. The minimum Gasteiger partial charge on any atom is -0.487 e. The Morgan fingerprint density at radius 2 is 2.00 bits per heavy atom. The van der Waals surface area contributed by atoms with E-state index in [0.29, 0.717) is 6.61 Å². The van der Waals surface area contributed by atoms with Gasteiger partial charge >= 0.3 is 0 Å². The first-order chi connectivity index (χ1) is 9.25. The Bertz CT molecular complexity index is 721. The second-order valence-corrected chi connectivity index (χ2v) is 5.16. The van der Waals surface area contributed by atoms with E-state index in [9.17, 15) is 0 Å². The van der Waals surface area contributed by atoms with Crippen molar-refractivity contribution in [2.45, 2.75) is 13.5 Å². The van der Waals surface area contributed by atoms with E-state index >= 15 is 0 Å². The molecule has 0 aliphatic carbocycles. The number of fused-ring (bicyclic) bond motifs is 1. The number of ether oxygens (including phenoxy) is 1. The molecule has 96 valence electrons. The molecule has 0 amide bonds. The molecule has 19 heavy (non-hydrogen) atoms. The van der Waals surface area contributed by atoms with Gasteiger partial charge in [-0.15, -0.1) is 0 Å². The highest BCUT2D eigenvalue weighted by molar-refractivity contribution is 9.10. The van der Waals surface area contributed by atoms with Crippen molar-refractivity contribution in [3.63, 3.8) is 0 Å². The fourth-order valence-corrected chi connectivity index (χ4v) is 2.59. The summed E-state index contributed by atoms with van der Waals surface area (Å²) in [6, 6.07) is 13.9. The molecule has 0 aliphatic heterocycles. The molecular weight excluding hydrogens is 304 g/mol. The van der Waals surface area contributed by atoms with Gasteiger partial charge in [0.2, 0.25) is 0 Å². The fraction of sp³-hybridized carbons (Fsp3) is 0.133. The molecule has 0 spiro atoms. The Hall–Kier alpha value is -1.81. The zero-order valence-corrected chi connectivity index (χ0v) is 12.1. The van der Waals surface area contributed by atoms with E-state index in [-0.39, 0.29) is 0 Å². The molecule has 2 heterocycles. The molecule has 0 bridgehead atoms. The lowest BCUT2D eigenvalue weighted by atomic mass is 10.2. The molecule has 3 aromatic rings. The maximum Gasteiger partial charge on any atom is 0.137 e. The molecule has 1 aromatic carbocycles. The normalized spacial score (nSPS) is 10.8. The standard InChI is InChI=1S/C15H13BrN2O/c1-11-5-2-3-6-13(11)19-10-12-9-17-15-8-4-7-14(16)18(12)15/h2-9H,10H2,1H3. The number of nitrogens with zero attached hydrogens (tertiary/aromatic N) is 2. The molecule has 4 heteroatoms. The summed E-state index contributed by atoms with van der Waals surface area (Å²) in [5, 5.41) is 0. The van der Waals surface area contributed by atoms with Crippen LogP contribution in [0.2, 0.25) is 0 Å². The van der Waals surface area contributed by atoms with Crippen LogP contribution in [0, 0.1) is 6.92 Å². The summed E-state index contributed by atoms with van der Waals surface area (Å²) in [6.45, 7) is 2.54. The predicted octanol–water partition coefficient (Wildman–Crippen LogP) is 3.98. The maximum absolute atomic E-state index is 5.86. The van der Waals surface area contributed by atoms with Crippen LogP contribution in [0.25, 0.3) is 5.65 Å². The number of pyridine rings is 1. The van der Waals surface area contributed by atoms with Crippen molar-refractivity contribution in [1.29, 1.82) is 0 Å². The van der Waals surface area contributed by atoms with Crippen LogP contribution in [0.15, 0.2) is 53.3 Å². The van der Waals surface area contributed by atoms with Crippen molar-refractivity contribution in [3.05, 3.63) is 64.5 Å². The van der Waals surface area contributed by atoms with E-state index in [1.54, 1.807) is 0 Å². The van der Waals surface area contributed by atoms with E-state index in [2.05, 4.69) is 20.9 Å². The van der Waals surface area contributed by atoms with Crippen molar-refractivity contribution in [1.82, 2.24) is 9.38 Å². The van der Waals surface area contributed by atoms with Gasteiger partial charge in [0, 0.05) is 0 Å². The van der Waals surface area contributed by atoms with Gasteiger partial charge in [0.15, 0.2) is 0 Å². The van der Waals surface area contributed by atoms with Gasteiger partial charge < -0.3 is 4.74 Å². The third kappa shape index (κ3) is 2.36. The molecule has 3 rings (SSSR count). The summed E-state index contributed by atoms with van der Waals surface area (Å²) < 4.78 is 8.88. The minimum atomic E-state index is 0.495. The Morgan fingerprint density at radius 1 is 1.16 bits per heavy atom. The monoisotopic (exact) mass is 316 g/mol. The average Bonchev–Trinajstić information content (AvgIpc) is 2.83. The highest BCUT2D eigenvalue weighted by atomic mass is 79.9. The topological polar surface area (TPSA) is 26.5 Å². The Labute approximate surface area is 120 Å². The number of halogens is 1. The summed E-state index contributed by atoms with van der Waals surface area (Å²) in [4.78, 5) is 4.37. The molecule has 2 aromatic heterocycles. The Morgan fingerprint density at radius 3 is 2.84 bits per heavy atom. The van der Waals surface area contributed by atoms with Crippen molar-refractivity contribution in [2.75, 3.05) is 0 Å². The molecule has 0 aliphatic rings. The smallest absolute Gasteiger partial charge is 0.137 e. The van der Waals surface area contributed by atoms with Gasteiger partial charge in [-0.3, -0.25) is 4.40 Å². The number of hydrogen-bond donors (Lipinski definition) is 0. The van der Waals surface area contributed by atoms with Crippen LogP contribution in [-0.2, 0) is 6.61 Å². The van der Waals surface area contributed by atoms with Gasteiger partial charge in [-0.05, 0) is 46.6 Å². The molecule has 0 fully saturated rings. The van der Waals surface area contributed by atoms with Gasteiger partial charge in [-0.1, -0.05) is 24.3 Å². The Balaban J connectivity index is 1.89. The van der Waals surface area contributed by atoms with Crippen LogP contribution in [0.1, 0.15) is 11.3 Å². The van der Waals surface area contributed by atoms with E-state index in [1.165, 1.54) is 0 Å². The van der Waals surface area contributed by atoms with Gasteiger partial charge in [-0.2, -0.15) is 0 Å². The number of aryl methyl sites for hydroxylation is 1. The van der Waals surface area contributed by atoms with E-state index in [1.807, 2.05) is 60.0 Å². The fourth-order valence-electron chi connectivity index (χ4n) is 2.03. The van der Waals surface area contributed by atoms with Crippen LogP contribution < -0.4 is 4.74 Å². The first-order valence-electron chi connectivity index (χ1n) is 6.05. The van der Waals surface area contributed by atoms with Crippen LogP contribution in [0.3, 0.4) is 0 Å². The first-order valence-corrected chi connectivity index (χ1v) is 6.84. The van der Waals surface area contributed by atoms with Crippen molar-refractivity contribution >= 4 is 21.6 Å². The van der Waals surface area contributed by atoms with Crippen LogP contribution in [-0.4, -0.2) is 9.38 Å². The summed E-state index contributed by atoms with van der Waals surface area (Å²) in [6.07, 6.45) is 1.85. The van der Waals surface area contributed by atoms with Crippen molar-refractivity contribution in [3.8, 4) is 5.75 Å². The lowest BCUT2D eigenvalue weighted by molar-refractivity contribution is 0.298. The van der Waals surface area contributed by atoms with E-state index < -0.39 is 0 Å². The lowest BCUT2D eigenvalue weighted by Crippen LogP contribution is -2.01. The third-order valence-electron chi connectivity index (χ3n) is 3.02. The highest BCUT2D eigenvalue weighted by Crippen LogP contribution is 2.20. The zero-order valence-electron chi connectivity index (χ0n) is 10.5. The summed E-state index contributed by atoms with van der Waals surface area (Å²) in [5.41, 5.74) is 3.07. The van der Waals surface area contributed by atoms with Gasteiger partial charge in [-0.25, -0.2) is 4.98 Å². The average molecular weight is 317 g/mol. The molecular formula is C15H13BrN2O. The third-order valence-corrected chi connectivity index (χ3v) is 3.64. The molecule has 0 radical (unpaired) electrons. The second kappa shape index (κ2) is 5.05. The minimum absolute atomic E-state index is 0.495. The largest absolute Gasteiger partial charge is 0.487 e. The summed E-state index contributed by atoms with van der Waals surface area (Å²) in [7, 11) is 0. The predicted molar refractivity (Wildman–Crippen MR) is 78.4 cm³/mol. The molecule has 3 nitrogen and oxygen atoms in total.